The Morgan fingerprint density at radius 2 is 2.12 bits per heavy atom. The van der Waals surface area contributed by atoms with Gasteiger partial charge in [-0.2, -0.15) is 0 Å². The number of nitrogens with zero attached hydrogens (tertiary/aromatic N) is 1. The van der Waals surface area contributed by atoms with Crippen molar-refractivity contribution < 1.29 is 14.5 Å². The molecule has 0 unspecified atom stereocenters. The van der Waals surface area contributed by atoms with Crippen LogP contribution in [0.15, 0.2) is 40.6 Å². The normalized spacial score (nSPS) is 10.3. The van der Waals surface area contributed by atoms with Crippen molar-refractivity contribution in [3.05, 3.63) is 56.3 Å². The van der Waals surface area contributed by atoms with Crippen LogP contribution in [0, 0.1) is 10.1 Å². The largest absolute Gasteiger partial charge is 0.366 e. The first-order chi connectivity index (χ1) is 11.5. The number of amides is 2. The number of nitrogens with one attached hydrogen (secondary N) is 1. The van der Waals surface area contributed by atoms with E-state index in [4.69, 9.17) is 5.73 Å². The first-order valence-electron chi connectivity index (χ1n) is 6.97. The standard InChI is InChI=1S/C15H15N3O4S2/c16-15(20)10-3-4-13(12(8-10)18(21)22)24-9-14(19)17-6-5-11-2-1-7-23-11/h1-4,7-8H,5-6,9H2,(H2,16,20)(H,17,19). The average molecular weight is 365 g/mol. The fourth-order valence-electron chi connectivity index (χ4n) is 1.91. The second kappa shape index (κ2) is 8.46. The molecule has 24 heavy (non-hydrogen) atoms. The summed E-state index contributed by atoms with van der Waals surface area (Å²) in [6.45, 7) is 0.516. The number of primary amides is 1. The van der Waals surface area contributed by atoms with Crippen LogP contribution in [0.3, 0.4) is 0 Å². The Morgan fingerprint density at radius 3 is 2.75 bits per heavy atom. The second-order valence-electron chi connectivity index (χ2n) is 4.77. The lowest BCUT2D eigenvalue weighted by atomic mass is 10.2. The minimum Gasteiger partial charge on any atom is -0.366 e. The predicted octanol–water partition coefficient (Wildman–Crippen LogP) is 2.21. The van der Waals surface area contributed by atoms with Gasteiger partial charge in [-0.25, -0.2) is 0 Å². The first kappa shape index (κ1) is 18.0. The Balaban J connectivity index is 1.89. The van der Waals surface area contributed by atoms with Gasteiger partial charge in [0.05, 0.1) is 15.6 Å². The highest BCUT2D eigenvalue weighted by molar-refractivity contribution is 8.00. The lowest BCUT2D eigenvalue weighted by Crippen LogP contribution is -2.27. The third-order valence-electron chi connectivity index (χ3n) is 3.07. The van der Waals surface area contributed by atoms with Gasteiger partial charge in [-0.1, -0.05) is 6.07 Å². The maximum absolute atomic E-state index is 11.8. The fraction of sp³-hybridized carbons (Fsp3) is 0.200. The lowest BCUT2D eigenvalue weighted by Gasteiger charge is -2.06. The minimum atomic E-state index is -0.735. The van der Waals surface area contributed by atoms with E-state index in [2.05, 4.69) is 5.32 Å². The van der Waals surface area contributed by atoms with Gasteiger partial charge < -0.3 is 11.1 Å². The summed E-state index contributed by atoms with van der Waals surface area (Å²) in [5.74, 6) is -0.882. The van der Waals surface area contributed by atoms with Crippen molar-refractivity contribution in [1.29, 1.82) is 0 Å². The van der Waals surface area contributed by atoms with Crippen LogP contribution in [0.25, 0.3) is 0 Å². The number of carbonyl (C=O) groups is 2. The summed E-state index contributed by atoms with van der Waals surface area (Å²) in [6.07, 6.45) is 0.752. The number of carbonyl (C=O) groups excluding carboxylic acids is 2. The summed E-state index contributed by atoms with van der Waals surface area (Å²) >= 11 is 2.67. The highest BCUT2D eigenvalue weighted by atomic mass is 32.2. The average Bonchev–Trinajstić information content (AvgIpc) is 3.06. The molecule has 2 amide bonds. The topological polar surface area (TPSA) is 115 Å². The zero-order chi connectivity index (χ0) is 17.5. The van der Waals surface area contributed by atoms with E-state index in [-0.39, 0.29) is 22.9 Å². The quantitative estimate of drug-likeness (QED) is 0.423. The summed E-state index contributed by atoms with van der Waals surface area (Å²) in [5, 5.41) is 15.8. The van der Waals surface area contributed by atoms with E-state index in [1.165, 1.54) is 17.0 Å². The molecule has 0 aliphatic rings. The number of hydrogen-bond acceptors (Lipinski definition) is 6. The van der Waals surface area contributed by atoms with Crippen molar-refractivity contribution in [1.82, 2.24) is 5.32 Å². The third-order valence-corrected chi connectivity index (χ3v) is 5.07. The van der Waals surface area contributed by atoms with Gasteiger partial charge in [0.15, 0.2) is 0 Å². The molecule has 1 aromatic heterocycles. The Morgan fingerprint density at radius 1 is 1.33 bits per heavy atom. The van der Waals surface area contributed by atoms with E-state index in [1.807, 2.05) is 17.5 Å². The number of hydrogen-bond donors (Lipinski definition) is 2. The maximum atomic E-state index is 11.8. The number of rotatable bonds is 8. The molecule has 7 nitrogen and oxygen atoms in total. The molecule has 1 heterocycles. The zero-order valence-electron chi connectivity index (χ0n) is 12.6. The van der Waals surface area contributed by atoms with Gasteiger partial charge in [0, 0.05) is 23.1 Å². The number of nitrogens with two attached hydrogens (primary N) is 1. The molecular formula is C15H15N3O4S2. The molecule has 2 aromatic rings. The van der Waals surface area contributed by atoms with Crippen LogP contribution in [0.4, 0.5) is 5.69 Å². The van der Waals surface area contributed by atoms with Gasteiger partial charge in [-0.05, 0) is 30.0 Å². The molecule has 0 fully saturated rings. The highest BCUT2D eigenvalue weighted by Crippen LogP contribution is 2.29. The molecule has 0 atom stereocenters. The van der Waals surface area contributed by atoms with Crippen molar-refractivity contribution in [3.63, 3.8) is 0 Å². The third kappa shape index (κ3) is 5.07. The highest BCUT2D eigenvalue weighted by Gasteiger charge is 2.17. The Bertz CT molecular complexity index is 747. The minimum absolute atomic E-state index is 0.0567. The molecule has 3 N–H and O–H groups in total. The van der Waals surface area contributed by atoms with Gasteiger partial charge in [-0.15, -0.1) is 23.1 Å². The van der Waals surface area contributed by atoms with Crippen molar-refractivity contribution >= 4 is 40.6 Å². The number of thioether (sulfide) groups is 1. The van der Waals surface area contributed by atoms with E-state index >= 15 is 0 Å². The van der Waals surface area contributed by atoms with Gasteiger partial charge in [0.25, 0.3) is 5.69 Å². The Kier molecular flexibility index (Phi) is 6.33. The van der Waals surface area contributed by atoms with Crippen molar-refractivity contribution in [2.24, 2.45) is 5.73 Å². The smallest absolute Gasteiger partial charge is 0.283 e. The van der Waals surface area contributed by atoms with Gasteiger partial charge in [0.2, 0.25) is 11.8 Å². The molecule has 9 heteroatoms. The van der Waals surface area contributed by atoms with Crippen LogP contribution >= 0.6 is 23.1 Å². The molecule has 0 radical (unpaired) electrons. The van der Waals surface area contributed by atoms with Crippen LogP contribution < -0.4 is 11.1 Å². The van der Waals surface area contributed by atoms with Crippen LogP contribution in [0.1, 0.15) is 15.2 Å². The van der Waals surface area contributed by atoms with Crippen LogP contribution in [0.5, 0.6) is 0 Å². The van der Waals surface area contributed by atoms with Gasteiger partial charge >= 0.3 is 0 Å². The zero-order valence-corrected chi connectivity index (χ0v) is 14.2. The van der Waals surface area contributed by atoms with Crippen molar-refractivity contribution in [3.8, 4) is 0 Å². The lowest BCUT2D eigenvalue weighted by molar-refractivity contribution is -0.387. The molecule has 2 rings (SSSR count). The van der Waals surface area contributed by atoms with Crippen molar-refractivity contribution in [2.75, 3.05) is 12.3 Å². The molecule has 0 aliphatic carbocycles. The van der Waals surface area contributed by atoms with E-state index < -0.39 is 10.8 Å². The molecule has 0 aliphatic heterocycles. The molecular weight excluding hydrogens is 350 g/mol. The SMILES string of the molecule is NC(=O)c1ccc(SCC(=O)NCCc2cccs2)c([N+](=O)[O-])c1. The van der Waals surface area contributed by atoms with E-state index in [1.54, 1.807) is 11.3 Å². The number of benzene rings is 1. The summed E-state index contributed by atoms with van der Waals surface area (Å²) in [7, 11) is 0. The summed E-state index contributed by atoms with van der Waals surface area (Å²) in [6, 6.07) is 7.91. The number of nitro benzene ring substituents is 1. The molecule has 126 valence electrons. The summed E-state index contributed by atoms with van der Waals surface area (Å²) in [5.41, 5.74) is 4.95. The predicted molar refractivity (Wildman–Crippen MR) is 93.4 cm³/mol. The first-order valence-corrected chi connectivity index (χ1v) is 8.84. The Hall–Kier alpha value is -2.39. The maximum Gasteiger partial charge on any atom is 0.283 e. The monoisotopic (exact) mass is 365 g/mol. The molecule has 0 saturated heterocycles. The van der Waals surface area contributed by atoms with E-state index in [0.29, 0.717) is 11.4 Å². The van der Waals surface area contributed by atoms with E-state index in [0.717, 1.165) is 24.2 Å². The van der Waals surface area contributed by atoms with Gasteiger partial charge in [0.1, 0.15) is 0 Å². The second-order valence-corrected chi connectivity index (χ2v) is 6.82. The van der Waals surface area contributed by atoms with Crippen LogP contribution in [-0.4, -0.2) is 29.0 Å². The Labute approximate surface area is 146 Å². The van der Waals surface area contributed by atoms with Crippen molar-refractivity contribution in [2.45, 2.75) is 11.3 Å². The van der Waals surface area contributed by atoms with Crippen LogP contribution in [0.2, 0.25) is 0 Å². The van der Waals surface area contributed by atoms with Crippen LogP contribution in [-0.2, 0) is 11.2 Å². The molecule has 1 aromatic carbocycles. The summed E-state index contributed by atoms with van der Waals surface area (Å²) in [4.78, 5) is 34.9. The van der Waals surface area contributed by atoms with E-state index in [9.17, 15) is 19.7 Å². The van der Waals surface area contributed by atoms with Gasteiger partial charge in [-0.3, -0.25) is 19.7 Å². The fourth-order valence-corrected chi connectivity index (χ4v) is 3.45. The summed E-state index contributed by atoms with van der Waals surface area (Å²) < 4.78 is 0. The molecule has 0 saturated carbocycles. The molecule has 0 bridgehead atoms. The molecule has 0 spiro atoms. The number of thiophene rings is 1. The number of nitro groups is 1.